The van der Waals surface area contributed by atoms with Crippen LogP contribution in [0.25, 0.3) is 0 Å². The molecule has 0 heterocycles. The van der Waals surface area contributed by atoms with Crippen molar-refractivity contribution in [2.24, 2.45) is 17.8 Å². The molecule has 0 aliphatic heterocycles. The first-order chi connectivity index (χ1) is 13.4. The zero-order valence-electron chi connectivity index (χ0n) is 17.3. The number of carbonyl (C=O) groups is 2. The summed E-state index contributed by atoms with van der Waals surface area (Å²) in [6.45, 7) is 7.77. The summed E-state index contributed by atoms with van der Waals surface area (Å²) >= 11 is 0. The third-order valence-corrected chi connectivity index (χ3v) is 5.29. The molecule has 1 saturated carbocycles. The lowest BCUT2D eigenvalue weighted by atomic mass is 9.90. The van der Waals surface area contributed by atoms with Crippen molar-refractivity contribution in [2.45, 2.75) is 71.0 Å². The van der Waals surface area contributed by atoms with Crippen LogP contribution in [0.2, 0.25) is 0 Å². The lowest BCUT2D eigenvalue weighted by Crippen LogP contribution is -2.39. The van der Waals surface area contributed by atoms with Crippen molar-refractivity contribution in [3.05, 3.63) is 37.0 Å². The zero-order chi connectivity index (χ0) is 21.0. The molecule has 0 unspecified atom stereocenters. The molecule has 5 heteroatoms. The van der Waals surface area contributed by atoms with E-state index in [0.717, 1.165) is 25.7 Å². The van der Waals surface area contributed by atoms with Gasteiger partial charge in [-0.2, -0.15) is 0 Å². The van der Waals surface area contributed by atoms with Gasteiger partial charge in [0, 0.05) is 18.8 Å². The maximum atomic E-state index is 12.2. The third kappa shape index (κ3) is 8.11. The van der Waals surface area contributed by atoms with Gasteiger partial charge in [0.2, 0.25) is 0 Å². The van der Waals surface area contributed by atoms with E-state index in [1.807, 2.05) is 12.2 Å². The highest BCUT2D eigenvalue weighted by Gasteiger charge is 2.34. The van der Waals surface area contributed by atoms with Gasteiger partial charge in [-0.25, -0.2) is 4.79 Å². The summed E-state index contributed by atoms with van der Waals surface area (Å²) in [7, 11) is 0. The minimum Gasteiger partial charge on any atom is -0.462 e. The minimum absolute atomic E-state index is 0.0149. The fourth-order valence-corrected chi connectivity index (χ4v) is 3.60. The molecule has 0 aromatic rings. The van der Waals surface area contributed by atoms with Crippen molar-refractivity contribution >= 4 is 11.8 Å². The molecule has 0 aromatic carbocycles. The van der Waals surface area contributed by atoms with E-state index >= 15 is 0 Å². The quantitative estimate of drug-likeness (QED) is 0.280. The number of esters is 1. The molecular weight excluding hydrogens is 356 g/mol. The normalized spacial score (nSPS) is 21.5. The first-order valence-corrected chi connectivity index (χ1v) is 10.4. The van der Waals surface area contributed by atoms with Crippen molar-refractivity contribution in [2.75, 3.05) is 6.61 Å². The summed E-state index contributed by atoms with van der Waals surface area (Å²) < 4.78 is 4.63. The molecule has 0 aromatic heterocycles. The van der Waals surface area contributed by atoms with E-state index in [2.05, 4.69) is 30.4 Å². The van der Waals surface area contributed by atoms with Crippen LogP contribution < -0.4 is 0 Å². The second-order valence-corrected chi connectivity index (χ2v) is 7.51. The van der Waals surface area contributed by atoms with E-state index in [1.165, 1.54) is 0 Å². The summed E-state index contributed by atoms with van der Waals surface area (Å²) in [5, 5.41) is 19.4. The average molecular weight is 393 g/mol. The predicted octanol–water partition coefficient (Wildman–Crippen LogP) is 4.10. The summed E-state index contributed by atoms with van der Waals surface area (Å²) in [5.74, 6) is -2.46. The van der Waals surface area contributed by atoms with Crippen molar-refractivity contribution < 1.29 is 24.5 Å². The van der Waals surface area contributed by atoms with Crippen molar-refractivity contribution in [1.29, 1.82) is 0 Å². The molecule has 5 nitrogen and oxygen atoms in total. The van der Waals surface area contributed by atoms with Gasteiger partial charge in [-0.05, 0) is 50.9 Å². The number of hydrogen-bond acceptors (Lipinski definition) is 5. The molecule has 158 valence electrons. The molecule has 1 fully saturated rings. The van der Waals surface area contributed by atoms with E-state index in [9.17, 15) is 19.8 Å². The number of Topliss-reactive ketones (excluding diaryl/α,β-unsaturated/α-hetero) is 1. The lowest BCUT2D eigenvalue weighted by molar-refractivity contribution is -0.210. The van der Waals surface area contributed by atoms with Crippen LogP contribution in [0, 0.1) is 17.8 Å². The van der Waals surface area contributed by atoms with Gasteiger partial charge in [-0.3, -0.25) is 4.79 Å². The molecular formula is C23H36O5. The molecule has 1 aliphatic rings. The van der Waals surface area contributed by atoms with E-state index < -0.39 is 11.8 Å². The molecule has 28 heavy (non-hydrogen) atoms. The van der Waals surface area contributed by atoms with Crippen LogP contribution in [-0.4, -0.2) is 34.4 Å². The SMILES string of the molecule is C=C[C@@H](C/C=C/[C@H]1CCC(=O)[C@@H]1C/C=C\CCC(O)(O)C(=O)OCC)CCC. The molecule has 2 N–H and O–H groups in total. The van der Waals surface area contributed by atoms with Gasteiger partial charge in [0.25, 0.3) is 5.79 Å². The maximum absolute atomic E-state index is 12.2. The molecule has 0 radical (unpaired) electrons. The number of ether oxygens (including phenoxy) is 1. The first kappa shape index (κ1) is 24.3. The van der Waals surface area contributed by atoms with Gasteiger partial charge in [-0.1, -0.05) is 43.7 Å². The van der Waals surface area contributed by atoms with E-state index in [0.29, 0.717) is 31.0 Å². The monoisotopic (exact) mass is 392 g/mol. The average Bonchev–Trinajstić information content (AvgIpc) is 3.00. The smallest absolute Gasteiger partial charge is 0.366 e. The molecule has 0 bridgehead atoms. The first-order valence-electron chi connectivity index (χ1n) is 10.4. The summed E-state index contributed by atoms with van der Waals surface area (Å²) in [5.41, 5.74) is 0. The zero-order valence-corrected chi connectivity index (χ0v) is 17.3. The van der Waals surface area contributed by atoms with Crippen LogP contribution in [-0.2, 0) is 14.3 Å². The Kier molecular flexibility index (Phi) is 11.0. The minimum atomic E-state index is -2.46. The Morgan fingerprint density at radius 3 is 2.71 bits per heavy atom. The van der Waals surface area contributed by atoms with Crippen molar-refractivity contribution in [3.63, 3.8) is 0 Å². The Bertz CT molecular complexity index is 561. The molecule has 1 rings (SSSR count). The topological polar surface area (TPSA) is 83.8 Å². The number of hydrogen-bond donors (Lipinski definition) is 2. The molecule has 3 atom stereocenters. The van der Waals surface area contributed by atoms with Gasteiger partial charge in [-0.15, -0.1) is 6.58 Å². The van der Waals surface area contributed by atoms with Gasteiger partial charge < -0.3 is 14.9 Å². The highest BCUT2D eigenvalue weighted by Crippen LogP contribution is 2.33. The second kappa shape index (κ2) is 12.7. The van der Waals surface area contributed by atoms with Crippen molar-refractivity contribution in [1.82, 2.24) is 0 Å². The Morgan fingerprint density at radius 1 is 1.32 bits per heavy atom. The van der Waals surface area contributed by atoms with Crippen LogP contribution in [0.5, 0.6) is 0 Å². The fourth-order valence-electron chi connectivity index (χ4n) is 3.60. The van der Waals surface area contributed by atoms with E-state index in [-0.39, 0.29) is 24.9 Å². The highest BCUT2D eigenvalue weighted by molar-refractivity contribution is 5.83. The number of allylic oxidation sites excluding steroid dienone is 5. The second-order valence-electron chi connectivity index (χ2n) is 7.51. The summed E-state index contributed by atoms with van der Waals surface area (Å²) in [6, 6.07) is 0. The van der Waals surface area contributed by atoms with Crippen LogP contribution in [0.15, 0.2) is 37.0 Å². The summed E-state index contributed by atoms with van der Waals surface area (Å²) in [6.07, 6.45) is 15.6. The largest absolute Gasteiger partial charge is 0.462 e. The maximum Gasteiger partial charge on any atom is 0.366 e. The predicted molar refractivity (Wildman–Crippen MR) is 110 cm³/mol. The molecule has 1 aliphatic carbocycles. The standard InChI is InChI=1S/C23H36O5/c1-4-11-18(5-2)12-10-13-19-15-16-21(24)20(19)14-8-7-9-17-23(26,27)22(25)28-6-3/h5,7-8,10,13,18-20,26-27H,2,4,6,9,11-12,14-17H2,1,3H3/b8-7-,13-10+/t18-,19+,20-/m1/s1. The van der Waals surface area contributed by atoms with E-state index in [4.69, 9.17) is 0 Å². The van der Waals surface area contributed by atoms with Crippen LogP contribution >= 0.6 is 0 Å². The molecule has 0 spiro atoms. The number of ketones is 1. The van der Waals surface area contributed by atoms with Crippen LogP contribution in [0.4, 0.5) is 0 Å². The number of carbonyl (C=O) groups excluding carboxylic acids is 2. The van der Waals surface area contributed by atoms with E-state index in [1.54, 1.807) is 13.0 Å². The fraction of sp³-hybridized carbons (Fsp3) is 0.652. The Morgan fingerprint density at radius 2 is 2.07 bits per heavy atom. The number of aliphatic hydroxyl groups is 2. The van der Waals surface area contributed by atoms with Gasteiger partial charge >= 0.3 is 5.97 Å². The molecule has 0 saturated heterocycles. The van der Waals surface area contributed by atoms with Gasteiger partial charge in [0.05, 0.1) is 6.61 Å². The third-order valence-electron chi connectivity index (χ3n) is 5.29. The van der Waals surface area contributed by atoms with Gasteiger partial charge in [0.15, 0.2) is 0 Å². The highest BCUT2D eigenvalue weighted by atomic mass is 16.6. The van der Waals surface area contributed by atoms with Crippen LogP contribution in [0.1, 0.15) is 65.2 Å². The lowest BCUT2D eigenvalue weighted by Gasteiger charge is -2.18. The van der Waals surface area contributed by atoms with Crippen LogP contribution in [0.3, 0.4) is 0 Å². The van der Waals surface area contributed by atoms with Crippen molar-refractivity contribution in [3.8, 4) is 0 Å². The van der Waals surface area contributed by atoms with Gasteiger partial charge in [0.1, 0.15) is 5.78 Å². The summed E-state index contributed by atoms with van der Waals surface area (Å²) in [4.78, 5) is 23.6. The Balaban J connectivity index is 2.47. The Labute approximate surface area is 169 Å². The Hall–Kier alpha value is -1.72. The molecule has 0 amide bonds. The number of rotatable bonds is 13.